The maximum absolute atomic E-state index is 11.9. The summed E-state index contributed by atoms with van der Waals surface area (Å²) in [4.78, 5) is 0. The van der Waals surface area contributed by atoms with Crippen LogP contribution in [0.3, 0.4) is 0 Å². The van der Waals surface area contributed by atoms with E-state index < -0.39 is 16.7 Å². The van der Waals surface area contributed by atoms with E-state index in [0.29, 0.717) is 0 Å². The number of alkyl halides is 1. The quantitative estimate of drug-likeness (QED) is 0.729. The van der Waals surface area contributed by atoms with E-state index in [0.717, 1.165) is 19.4 Å². The Bertz CT molecular complexity index is 282. The van der Waals surface area contributed by atoms with Crippen molar-refractivity contribution in [2.24, 2.45) is 0 Å². The molecule has 0 amide bonds. The molecule has 15 heavy (non-hydrogen) atoms. The fourth-order valence-corrected chi connectivity index (χ4v) is 3.13. The molecule has 1 heterocycles. The van der Waals surface area contributed by atoms with Gasteiger partial charge >= 0.3 is 0 Å². The van der Waals surface area contributed by atoms with Crippen LogP contribution in [0.1, 0.15) is 26.2 Å². The molecule has 0 radical (unpaired) electrons. The number of hydrogen-bond donors (Lipinski definition) is 2. The molecule has 2 atom stereocenters. The Kier molecular flexibility index (Phi) is 4.95. The van der Waals surface area contributed by atoms with Crippen molar-refractivity contribution in [2.45, 2.75) is 38.3 Å². The summed E-state index contributed by atoms with van der Waals surface area (Å²) in [5, 5.41) is 3.21. The molecule has 0 saturated carbocycles. The van der Waals surface area contributed by atoms with Gasteiger partial charge in [-0.1, -0.05) is 0 Å². The predicted octanol–water partition coefficient (Wildman–Crippen LogP) is 0.406. The van der Waals surface area contributed by atoms with Crippen LogP contribution < -0.4 is 10.0 Å². The molecule has 1 aliphatic heterocycles. The molecule has 90 valence electrons. The van der Waals surface area contributed by atoms with Gasteiger partial charge in [-0.3, -0.25) is 4.39 Å². The minimum atomic E-state index is -3.31. The topological polar surface area (TPSA) is 58.2 Å². The lowest BCUT2D eigenvalue weighted by Crippen LogP contribution is -2.52. The van der Waals surface area contributed by atoms with Gasteiger partial charge in [-0.25, -0.2) is 13.1 Å². The number of rotatable bonds is 5. The van der Waals surface area contributed by atoms with Gasteiger partial charge in [-0.15, -0.1) is 0 Å². The summed E-state index contributed by atoms with van der Waals surface area (Å²) in [5.41, 5.74) is 0. The number of halogens is 1. The van der Waals surface area contributed by atoms with Gasteiger partial charge in [0.25, 0.3) is 0 Å². The monoisotopic (exact) mass is 238 g/mol. The van der Waals surface area contributed by atoms with E-state index in [1.807, 2.05) is 6.92 Å². The third-order valence-electron chi connectivity index (χ3n) is 2.64. The smallest absolute Gasteiger partial charge is 0.211 e. The largest absolute Gasteiger partial charge is 0.313 e. The molecule has 1 rings (SSSR count). The van der Waals surface area contributed by atoms with Crippen LogP contribution in [0, 0.1) is 0 Å². The molecular formula is C9H19FN2O2S. The fourth-order valence-electron chi connectivity index (χ4n) is 1.74. The number of piperidine rings is 1. The average Bonchev–Trinajstić information content (AvgIpc) is 2.18. The summed E-state index contributed by atoms with van der Waals surface area (Å²) in [6.07, 6.45) is 1.90. The minimum absolute atomic E-state index is 0.0524. The van der Waals surface area contributed by atoms with Gasteiger partial charge in [-0.2, -0.15) is 0 Å². The van der Waals surface area contributed by atoms with Crippen LogP contribution in [0.4, 0.5) is 4.39 Å². The molecule has 0 aromatic rings. The van der Waals surface area contributed by atoms with Gasteiger partial charge < -0.3 is 5.32 Å². The van der Waals surface area contributed by atoms with Crippen LogP contribution in [0.25, 0.3) is 0 Å². The van der Waals surface area contributed by atoms with E-state index in [1.165, 1.54) is 0 Å². The molecular weight excluding hydrogens is 219 g/mol. The lowest BCUT2D eigenvalue weighted by atomic mass is 10.0. The maximum Gasteiger partial charge on any atom is 0.211 e. The molecule has 2 unspecified atom stereocenters. The van der Waals surface area contributed by atoms with E-state index in [2.05, 4.69) is 10.0 Å². The highest BCUT2D eigenvalue weighted by atomic mass is 32.2. The van der Waals surface area contributed by atoms with E-state index in [4.69, 9.17) is 0 Å². The van der Waals surface area contributed by atoms with Gasteiger partial charge in [0, 0.05) is 12.1 Å². The first-order valence-electron chi connectivity index (χ1n) is 5.34. The van der Waals surface area contributed by atoms with E-state index in [9.17, 15) is 12.8 Å². The highest BCUT2D eigenvalue weighted by Gasteiger charge is 2.24. The van der Waals surface area contributed by atoms with Crippen molar-refractivity contribution < 1.29 is 12.8 Å². The van der Waals surface area contributed by atoms with Crippen LogP contribution >= 0.6 is 0 Å². The first-order valence-corrected chi connectivity index (χ1v) is 7.00. The molecule has 0 bridgehead atoms. The van der Waals surface area contributed by atoms with Crippen molar-refractivity contribution in [2.75, 3.05) is 19.0 Å². The predicted molar refractivity (Wildman–Crippen MR) is 58.0 cm³/mol. The maximum atomic E-state index is 11.9. The Hall–Kier alpha value is -0.200. The standard InChI is InChI=1S/C9H19FN2O2S/c1-8-9(4-2-6-11-8)12-15(13,14)7-3-5-10/h8-9,11-12H,2-7H2,1H3. The zero-order chi connectivity index (χ0) is 11.3. The first kappa shape index (κ1) is 12.9. The SMILES string of the molecule is CC1NCCCC1NS(=O)(=O)CCCF. The Morgan fingerprint density at radius 1 is 1.53 bits per heavy atom. The van der Waals surface area contributed by atoms with Gasteiger partial charge in [0.2, 0.25) is 10.0 Å². The number of hydrogen-bond acceptors (Lipinski definition) is 3. The summed E-state index contributed by atoms with van der Waals surface area (Å²) in [6, 6.07) is 0.0993. The minimum Gasteiger partial charge on any atom is -0.313 e. The van der Waals surface area contributed by atoms with E-state index in [-0.39, 0.29) is 24.3 Å². The van der Waals surface area contributed by atoms with Crippen LogP contribution in [-0.2, 0) is 10.0 Å². The molecule has 0 aromatic carbocycles. The summed E-state index contributed by atoms with van der Waals surface area (Å²) >= 11 is 0. The second kappa shape index (κ2) is 5.77. The molecule has 1 fully saturated rings. The lowest BCUT2D eigenvalue weighted by molar-refractivity contribution is 0.348. The van der Waals surface area contributed by atoms with Crippen molar-refractivity contribution in [1.29, 1.82) is 0 Å². The molecule has 0 aliphatic carbocycles. The summed E-state index contributed by atoms with van der Waals surface area (Å²) in [5.74, 6) is -0.118. The van der Waals surface area contributed by atoms with Gasteiger partial charge in [-0.05, 0) is 32.7 Å². The average molecular weight is 238 g/mol. The molecule has 4 nitrogen and oxygen atoms in total. The van der Waals surface area contributed by atoms with Crippen molar-refractivity contribution in [3.63, 3.8) is 0 Å². The Morgan fingerprint density at radius 2 is 2.27 bits per heavy atom. The Balaban J connectivity index is 2.44. The van der Waals surface area contributed by atoms with Crippen LogP contribution in [0.15, 0.2) is 0 Å². The van der Waals surface area contributed by atoms with Crippen molar-refractivity contribution in [3.8, 4) is 0 Å². The number of nitrogens with one attached hydrogen (secondary N) is 2. The summed E-state index contributed by atoms with van der Waals surface area (Å²) in [6.45, 7) is 2.31. The molecule has 6 heteroatoms. The molecule has 1 saturated heterocycles. The number of sulfonamides is 1. The second-order valence-electron chi connectivity index (χ2n) is 3.97. The van der Waals surface area contributed by atoms with Crippen molar-refractivity contribution >= 4 is 10.0 Å². The van der Waals surface area contributed by atoms with Crippen LogP contribution in [0.5, 0.6) is 0 Å². The highest BCUT2D eigenvalue weighted by molar-refractivity contribution is 7.89. The zero-order valence-electron chi connectivity index (χ0n) is 9.00. The zero-order valence-corrected chi connectivity index (χ0v) is 9.82. The molecule has 2 N–H and O–H groups in total. The third-order valence-corrected chi connectivity index (χ3v) is 4.13. The molecule has 0 spiro atoms. The first-order chi connectivity index (χ1) is 7.05. The van der Waals surface area contributed by atoms with Gasteiger partial charge in [0.15, 0.2) is 0 Å². The van der Waals surface area contributed by atoms with Crippen molar-refractivity contribution in [3.05, 3.63) is 0 Å². The molecule has 1 aliphatic rings. The Labute approximate surface area is 90.7 Å². The second-order valence-corrected chi connectivity index (χ2v) is 5.84. The lowest BCUT2D eigenvalue weighted by Gasteiger charge is -2.30. The highest BCUT2D eigenvalue weighted by Crippen LogP contribution is 2.09. The fraction of sp³-hybridized carbons (Fsp3) is 1.00. The van der Waals surface area contributed by atoms with Gasteiger partial charge in [0.1, 0.15) is 0 Å². The van der Waals surface area contributed by atoms with Gasteiger partial charge in [0.05, 0.1) is 12.4 Å². The van der Waals surface area contributed by atoms with E-state index >= 15 is 0 Å². The van der Waals surface area contributed by atoms with Crippen molar-refractivity contribution in [1.82, 2.24) is 10.0 Å². The Morgan fingerprint density at radius 3 is 2.87 bits per heavy atom. The van der Waals surface area contributed by atoms with E-state index in [1.54, 1.807) is 0 Å². The summed E-state index contributed by atoms with van der Waals surface area (Å²) < 4.78 is 37.5. The van der Waals surface area contributed by atoms with Crippen LogP contribution in [-0.4, -0.2) is 39.5 Å². The third kappa shape index (κ3) is 4.44. The van der Waals surface area contributed by atoms with Crippen LogP contribution in [0.2, 0.25) is 0 Å². The molecule has 0 aromatic heterocycles. The summed E-state index contributed by atoms with van der Waals surface area (Å²) in [7, 11) is -3.31. The normalized spacial score (nSPS) is 27.9.